The third-order valence-electron chi connectivity index (χ3n) is 2.96. The number of rotatable bonds is 5. The number of alkyl halides is 3. The fraction of sp³-hybridized carbons (Fsp3) is 0.188. The maximum atomic E-state index is 12.6. The van der Waals surface area contributed by atoms with Crippen LogP contribution in [0.5, 0.6) is 5.75 Å². The van der Waals surface area contributed by atoms with Gasteiger partial charge in [0.05, 0.1) is 12.0 Å². The van der Waals surface area contributed by atoms with Gasteiger partial charge in [-0.2, -0.15) is 13.2 Å². The zero-order chi connectivity index (χ0) is 16.2. The van der Waals surface area contributed by atoms with Crippen LogP contribution < -0.4 is 4.74 Å². The minimum atomic E-state index is -4.41. The van der Waals surface area contributed by atoms with Crippen molar-refractivity contribution in [2.24, 2.45) is 0 Å². The number of para-hydroxylation sites is 1. The van der Waals surface area contributed by atoms with Crippen LogP contribution in [0.3, 0.4) is 0 Å². The van der Waals surface area contributed by atoms with Crippen LogP contribution in [0.15, 0.2) is 48.5 Å². The Balaban J connectivity index is 2.12. The van der Waals surface area contributed by atoms with Crippen LogP contribution in [-0.4, -0.2) is 11.1 Å². The molecule has 1 N–H and O–H groups in total. The zero-order valence-corrected chi connectivity index (χ0v) is 11.4. The molecule has 0 fully saturated rings. The van der Waals surface area contributed by atoms with Gasteiger partial charge < -0.3 is 9.84 Å². The van der Waals surface area contributed by atoms with Crippen molar-refractivity contribution in [1.82, 2.24) is 0 Å². The van der Waals surface area contributed by atoms with E-state index in [1.807, 2.05) is 0 Å². The lowest BCUT2D eigenvalue weighted by atomic mass is 10.1. The Bertz CT molecular complexity index is 666. The molecule has 0 saturated heterocycles. The molecule has 0 unspecified atom stereocenters. The fourth-order valence-electron chi connectivity index (χ4n) is 1.95. The molecule has 0 spiro atoms. The number of carboxylic acids is 1. The molecule has 0 bridgehead atoms. The predicted octanol–water partition coefficient (Wildman–Crippen LogP) is 3.91. The number of carbonyl (C=O) groups is 1. The first kappa shape index (κ1) is 15.9. The van der Waals surface area contributed by atoms with Crippen molar-refractivity contribution in [3.8, 4) is 5.75 Å². The first-order valence-electron chi connectivity index (χ1n) is 6.45. The fourth-order valence-corrected chi connectivity index (χ4v) is 1.95. The summed E-state index contributed by atoms with van der Waals surface area (Å²) >= 11 is 0. The summed E-state index contributed by atoms with van der Waals surface area (Å²) in [6.07, 6.45) is -4.62. The maximum Gasteiger partial charge on any atom is 0.416 e. The van der Waals surface area contributed by atoms with Gasteiger partial charge in [-0.1, -0.05) is 30.3 Å². The highest BCUT2D eigenvalue weighted by Gasteiger charge is 2.30. The summed E-state index contributed by atoms with van der Waals surface area (Å²) in [5, 5.41) is 8.82. The SMILES string of the molecule is O=C(O)Cc1ccccc1OCc1cccc(C(F)(F)F)c1. The molecule has 0 aliphatic carbocycles. The molecule has 3 nitrogen and oxygen atoms in total. The Morgan fingerprint density at radius 2 is 1.82 bits per heavy atom. The summed E-state index contributed by atoms with van der Waals surface area (Å²) in [6.45, 7) is -0.0689. The molecule has 0 heterocycles. The number of hydrogen-bond donors (Lipinski definition) is 1. The summed E-state index contributed by atoms with van der Waals surface area (Å²) in [5.41, 5.74) is 0.0920. The average Bonchev–Trinajstić information content (AvgIpc) is 2.45. The van der Waals surface area contributed by atoms with E-state index in [1.165, 1.54) is 12.1 Å². The monoisotopic (exact) mass is 310 g/mol. The summed E-state index contributed by atoms with van der Waals surface area (Å²) in [6, 6.07) is 11.4. The van der Waals surface area contributed by atoms with Crippen LogP contribution in [0, 0.1) is 0 Å². The number of benzene rings is 2. The molecule has 6 heteroatoms. The third kappa shape index (κ3) is 4.25. The second-order valence-electron chi connectivity index (χ2n) is 4.67. The Kier molecular flexibility index (Phi) is 4.70. The topological polar surface area (TPSA) is 46.5 Å². The molecule has 2 aromatic carbocycles. The van der Waals surface area contributed by atoms with E-state index >= 15 is 0 Å². The normalized spacial score (nSPS) is 11.2. The summed E-state index contributed by atoms with van der Waals surface area (Å²) in [5.74, 6) is -0.655. The van der Waals surface area contributed by atoms with Crippen LogP contribution in [0.1, 0.15) is 16.7 Å². The van der Waals surface area contributed by atoms with E-state index in [0.29, 0.717) is 16.9 Å². The Morgan fingerprint density at radius 1 is 1.09 bits per heavy atom. The first-order chi connectivity index (χ1) is 10.4. The van der Waals surface area contributed by atoms with Gasteiger partial charge in [-0.15, -0.1) is 0 Å². The zero-order valence-electron chi connectivity index (χ0n) is 11.4. The van der Waals surface area contributed by atoms with Crippen molar-refractivity contribution in [1.29, 1.82) is 0 Å². The molecule has 0 aliphatic rings. The number of hydrogen-bond acceptors (Lipinski definition) is 2. The van der Waals surface area contributed by atoms with Gasteiger partial charge in [-0.05, 0) is 23.8 Å². The van der Waals surface area contributed by atoms with Crippen molar-refractivity contribution in [3.63, 3.8) is 0 Å². The lowest BCUT2D eigenvalue weighted by molar-refractivity contribution is -0.138. The number of ether oxygens (including phenoxy) is 1. The highest BCUT2D eigenvalue weighted by Crippen LogP contribution is 2.30. The summed E-state index contributed by atoms with van der Waals surface area (Å²) < 4.78 is 43.4. The van der Waals surface area contributed by atoms with Crippen LogP contribution in [-0.2, 0) is 24.0 Å². The lowest BCUT2D eigenvalue weighted by Gasteiger charge is -2.12. The first-order valence-corrected chi connectivity index (χ1v) is 6.45. The third-order valence-corrected chi connectivity index (χ3v) is 2.96. The highest BCUT2D eigenvalue weighted by molar-refractivity contribution is 5.71. The molecule has 2 aromatic rings. The van der Waals surface area contributed by atoms with Crippen LogP contribution >= 0.6 is 0 Å². The van der Waals surface area contributed by atoms with Crippen molar-refractivity contribution in [2.45, 2.75) is 19.2 Å². The van der Waals surface area contributed by atoms with E-state index in [-0.39, 0.29) is 13.0 Å². The molecule has 0 radical (unpaired) electrons. The van der Waals surface area contributed by atoms with E-state index in [2.05, 4.69) is 0 Å². The van der Waals surface area contributed by atoms with Crippen molar-refractivity contribution < 1.29 is 27.8 Å². The molecular formula is C16H13F3O3. The van der Waals surface area contributed by atoms with Gasteiger partial charge in [-0.25, -0.2) is 0 Å². The van der Waals surface area contributed by atoms with Gasteiger partial charge in [-0.3, -0.25) is 4.79 Å². The average molecular weight is 310 g/mol. The number of halogens is 3. The molecule has 0 atom stereocenters. The predicted molar refractivity (Wildman–Crippen MR) is 73.6 cm³/mol. The lowest BCUT2D eigenvalue weighted by Crippen LogP contribution is -2.07. The Morgan fingerprint density at radius 3 is 2.50 bits per heavy atom. The molecule has 0 saturated carbocycles. The summed E-state index contributed by atoms with van der Waals surface area (Å²) in [4.78, 5) is 10.8. The minimum Gasteiger partial charge on any atom is -0.489 e. The number of carboxylic acid groups (broad SMARTS) is 1. The molecule has 0 amide bonds. The van der Waals surface area contributed by atoms with Crippen LogP contribution in [0.2, 0.25) is 0 Å². The highest BCUT2D eigenvalue weighted by atomic mass is 19.4. The van der Waals surface area contributed by atoms with Crippen molar-refractivity contribution >= 4 is 5.97 Å². The van der Waals surface area contributed by atoms with Gasteiger partial charge in [0, 0.05) is 5.56 Å². The van der Waals surface area contributed by atoms with E-state index < -0.39 is 17.7 Å². The molecule has 116 valence electrons. The molecule has 0 aromatic heterocycles. The number of aliphatic carboxylic acids is 1. The van der Waals surface area contributed by atoms with Crippen LogP contribution in [0.4, 0.5) is 13.2 Å². The van der Waals surface area contributed by atoms with Gasteiger partial charge >= 0.3 is 12.1 Å². The van der Waals surface area contributed by atoms with E-state index in [1.54, 1.807) is 24.3 Å². The molecule has 2 rings (SSSR count). The van der Waals surface area contributed by atoms with E-state index in [4.69, 9.17) is 9.84 Å². The molecule has 0 aliphatic heterocycles. The minimum absolute atomic E-state index is 0.0689. The summed E-state index contributed by atoms with van der Waals surface area (Å²) in [7, 11) is 0. The van der Waals surface area contributed by atoms with Crippen molar-refractivity contribution in [3.05, 3.63) is 65.2 Å². The molecular weight excluding hydrogens is 297 g/mol. The smallest absolute Gasteiger partial charge is 0.416 e. The second kappa shape index (κ2) is 6.51. The van der Waals surface area contributed by atoms with Crippen LogP contribution in [0.25, 0.3) is 0 Å². The van der Waals surface area contributed by atoms with E-state index in [9.17, 15) is 18.0 Å². The maximum absolute atomic E-state index is 12.6. The van der Waals surface area contributed by atoms with Gasteiger partial charge in [0.15, 0.2) is 0 Å². The van der Waals surface area contributed by atoms with E-state index in [0.717, 1.165) is 12.1 Å². The van der Waals surface area contributed by atoms with Gasteiger partial charge in [0.2, 0.25) is 0 Å². The Hall–Kier alpha value is -2.50. The molecule has 22 heavy (non-hydrogen) atoms. The standard InChI is InChI=1S/C16H13F3O3/c17-16(18,19)13-6-3-4-11(8-13)10-22-14-7-2-1-5-12(14)9-15(20)21/h1-8H,9-10H2,(H,20,21). The van der Waals surface area contributed by atoms with Gasteiger partial charge in [0.1, 0.15) is 12.4 Å². The van der Waals surface area contributed by atoms with Gasteiger partial charge in [0.25, 0.3) is 0 Å². The largest absolute Gasteiger partial charge is 0.489 e. The second-order valence-corrected chi connectivity index (χ2v) is 4.67. The van der Waals surface area contributed by atoms with Crippen molar-refractivity contribution in [2.75, 3.05) is 0 Å². The Labute approximate surface area is 125 Å². The quantitative estimate of drug-likeness (QED) is 0.910.